The molecule has 0 saturated carbocycles. The van der Waals surface area contributed by atoms with Crippen LogP contribution in [0.4, 0.5) is 0 Å². The number of ether oxygens (including phenoxy) is 2. The quantitative estimate of drug-likeness (QED) is 0.0296. The Balaban J connectivity index is 4.92. The largest absolute Gasteiger partial charge is 0.455 e. The van der Waals surface area contributed by atoms with Gasteiger partial charge in [-0.1, -0.05) is 194 Å². The van der Waals surface area contributed by atoms with Crippen LogP contribution >= 0.6 is 0 Å². The van der Waals surface area contributed by atoms with Gasteiger partial charge in [0.05, 0.1) is 19.3 Å². The smallest absolute Gasteiger partial charge is 0.306 e. The van der Waals surface area contributed by atoms with Crippen LogP contribution in [0.2, 0.25) is 0 Å². The molecule has 0 amide bonds. The predicted molar refractivity (Wildman–Crippen MR) is 225 cm³/mol. The first-order valence-corrected chi connectivity index (χ1v) is 23.3. The van der Waals surface area contributed by atoms with Crippen molar-refractivity contribution in [2.45, 2.75) is 263 Å². The van der Waals surface area contributed by atoms with Gasteiger partial charge in [0.1, 0.15) is 12.2 Å². The second kappa shape index (κ2) is 37.7. The fraction of sp³-hybridized carbons (Fsp3) is 0.935. The molecule has 0 saturated heterocycles. The van der Waals surface area contributed by atoms with Crippen LogP contribution in [-0.4, -0.2) is 86.5 Å². The molecule has 0 aliphatic carbocycles. The molecule has 5 atom stereocenters. The molecule has 0 heterocycles. The van der Waals surface area contributed by atoms with E-state index in [-0.39, 0.29) is 12.8 Å². The standard InChI is InChI=1S/C46H88O10/c1-4-6-8-10-12-14-16-18-20-22-24-26-28-30-32-34-42(52)55-45(44(54)41(51)38-48)46(39(3)49,36-40(50)37-47)56-43(53)35-33-31-29-27-25-23-21-19-17-15-13-11-9-7-5-2/h40-41,44-45,47-48,50-51,54H,4-38H2,1-3H3/t40-,41+,44+,45-,46-/m0/s1. The number of ketones is 1. The minimum atomic E-state index is -2.39. The average Bonchev–Trinajstić information content (AvgIpc) is 3.18. The minimum Gasteiger partial charge on any atom is -0.455 e. The molecule has 0 aromatic heterocycles. The number of rotatable bonds is 42. The van der Waals surface area contributed by atoms with E-state index in [1.165, 1.54) is 128 Å². The molecule has 0 aromatic rings. The van der Waals surface area contributed by atoms with E-state index in [1.807, 2.05) is 0 Å². The molecule has 56 heavy (non-hydrogen) atoms. The lowest BCUT2D eigenvalue weighted by Gasteiger charge is -2.41. The van der Waals surface area contributed by atoms with E-state index in [0.717, 1.165) is 58.3 Å². The zero-order valence-corrected chi connectivity index (χ0v) is 36.3. The lowest BCUT2D eigenvalue weighted by Crippen LogP contribution is -2.62. The normalized spacial score (nSPS) is 14.9. The van der Waals surface area contributed by atoms with E-state index < -0.39 is 67.4 Å². The third kappa shape index (κ3) is 27.9. The summed E-state index contributed by atoms with van der Waals surface area (Å²) in [6.45, 7) is 3.86. The maximum absolute atomic E-state index is 13.3. The van der Waals surface area contributed by atoms with Crippen molar-refractivity contribution in [2.24, 2.45) is 0 Å². The summed E-state index contributed by atoms with van der Waals surface area (Å²) in [6.07, 6.45) is 26.9. The molecule has 0 bridgehead atoms. The molecular formula is C46H88O10. The van der Waals surface area contributed by atoms with Crippen molar-refractivity contribution < 1.29 is 49.4 Å². The molecule has 0 aliphatic rings. The molecule has 0 radical (unpaired) electrons. The van der Waals surface area contributed by atoms with E-state index >= 15 is 0 Å². The zero-order chi connectivity index (χ0) is 41.7. The predicted octanol–water partition coefficient (Wildman–Crippen LogP) is 9.75. The van der Waals surface area contributed by atoms with E-state index in [9.17, 15) is 39.9 Å². The number of unbranched alkanes of at least 4 members (excludes halogenated alkanes) is 28. The van der Waals surface area contributed by atoms with Crippen LogP contribution in [0.5, 0.6) is 0 Å². The molecule has 10 nitrogen and oxygen atoms in total. The van der Waals surface area contributed by atoms with Gasteiger partial charge < -0.3 is 35.0 Å². The van der Waals surface area contributed by atoms with Gasteiger partial charge in [0.2, 0.25) is 5.60 Å². The fourth-order valence-electron chi connectivity index (χ4n) is 7.53. The summed E-state index contributed by atoms with van der Waals surface area (Å²) in [5.41, 5.74) is -2.39. The highest BCUT2D eigenvalue weighted by molar-refractivity contribution is 5.89. The Hall–Kier alpha value is -1.59. The first-order chi connectivity index (χ1) is 27.1. The van der Waals surface area contributed by atoms with Crippen molar-refractivity contribution in [3.8, 4) is 0 Å². The molecule has 5 N–H and O–H groups in total. The molecule has 0 fully saturated rings. The Morgan fingerprint density at radius 3 is 1.11 bits per heavy atom. The Kier molecular flexibility index (Phi) is 36.6. The summed E-state index contributed by atoms with van der Waals surface area (Å²) in [5, 5.41) is 51.2. The Labute approximate surface area is 342 Å². The van der Waals surface area contributed by atoms with Gasteiger partial charge in [-0.05, 0) is 19.8 Å². The van der Waals surface area contributed by atoms with E-state index in [4.69, 9.17) is 9.47 Å². The van der Waals surface area contributed by atoms with E-state index in [2.05, 4.69) is 13.8 Å². The van der Waals surface area contributed by atoms with Crippen LogP contribution in [0.25, 0.3) is 0 Å². The van der Waals surface area contributed by atoms with Crippen LogP contribution in [-0.2, 0) is 23.9 Å². The van der Waals surface area contributed by atoms with Gasteiger partial charge in [-0.25, -0.2) is 0 Å². The van der Waals surface area contributed by atoms with Crippen LogP contribution < -0.4 is 0 Å². The van der Waals surface area contributed by atoms with Crippen LogP contribution in [0.15, 0.2) is 0 Å². The summed E-state index contributed by atoms with van der Waals surface area (Å²) in [4.78, 5) is 39.6. The molecule has 0 unspecified atom stereocenters. The number of esters is 2. The Bertz CT molecular complexity index is 930. The second-order valence-corrected chi connectivity index (χ2v) is 16.5. The monoisotopic (exact) mass is 801 g/mol. The lowest BCUT2D eigenvalue weighted by molar-refractivity contribution is -0.214. The highest BCUT2D eigenvalue weighted by atomic mass is 16.6. The SMILES string of the molecule is CCCCCCCCCCCCCCCCCC(=O)O[C@@H]([C@H](O)[C@H](O)CO)[C@@](C[C@H](O)CO)(OC(=O)CCCCCCCCCCCCCCCCC)C(C)=O. The first-order valence-electron chi connectivity index (χ1n) is 23.3. The van der Waals surface area contributed by atoms with Gasteiger partial charge in [-0.15, -0.1) is 0 Å². The van der Waals surface area contributed by atoms with Gasteiger partial charge in [-0.2, -0.15) is 0 Å². The summed E-state index contributed by atoms with van der Waals surface area (Å²) in [7, 11) is 0. The van der Waals surface area contributed by atoms with Gasteiger partial charge in [-0.3, -0.25) is 14.4 Å². The second-order valence-electron chi connectivity index (χ2n) is 16.5. The van der Waals surface area contributed by atoms with Gasteiger partial charge in [0.25, 0.3) is 0 Å². The van der Waals surface area contributed by atoms with E-state index in [0.29, 0.717) is 12.8 Å². The number of carbonyl (C=O) groups is 3. The van der Waals surface area contributed by atoms with E-state index in [1.54, 1.807) is 0 Å². The molecule has 0 aromatic carbocycles. The number of carbonyl (C=O) groups excluding carboxylic acids is 3. The summed E-state index contributed by atoms with van der Waals surface area (Å²) in [6, 6.07) is 0. The summed E-state index contributed by atoms with van der Waals surface area (Å²) < 4.78 is 11.3. The minimum absolute atomic E-state index is 0.0275. The number of aliphatic hydroxyl groups excluding tert-OH is 5. The molecule has 10 heteroatoms. The Morgan fingerprint density at radius 1 is 0.482 bits per heavy atom. The molecular weight excluding hydrogens is 712 g/mol. The molecule has 0 rings (SSSR count). The zero-order valence-electron chi connectivity index (χ0n) is 36.3. The van der Waals surface area contributed by atoms with Crippen molar-refractivity contribution in [1.82, 2.24) is 0 Å². The number of Topliss-reactive ketones (excluding diaryl/α,β-unsaturated/α-hetero) is 1. The summed E-state index contributed by atoms with van der Waals surface area (Å²) >= 11 is 0. The lowest BCUT2D eigenvalue weighted by atomic mass is 9.81. The Morgan fingerprint density at radius 2 is 0.804 bits per heavy atom. The van der Waals surface area contributed by atoms with Gasteiger partial charge in [0, 0.05) is 19.3 Å². The molecule has 332 valence electrons. The van der Waals surface area contributed by atoms with Crippen LogP contribution in [0.3, 0.4) is 0 Å². The van der Waals surface area contributed by atoms with Crippen LogP contribution in [0.1, 0.15) is 233 Å². The van der Waals surface area contributed by atoms with Gasteiger partial charge >= 0.3 is 11.9 Å². The maximum atomic E-state index is 13.3. The number of aliphatic hydroxyl groups is 5. The van der Waals surface area contributed by atoms with Crippen molar-refractivity contribution in [1.29, 1.82) is 0 Å². The molecule has 0 spiro atoms. The molecule has 0 aliphatic heterocycles. The van der Waals surface area contributed by atoms with Crippen molar-refractivity contribution in [3.63, 3.8) is 0 Å². The van der Waals surface area contributed by atoms with Crippen molar-refractivity contribution in [3.05, 3.63) is 0 Å². The van der Waals surface area contributed by atoms with Crippen molar-refractivity contribution >= 4 is 17.7 Å². The first kappa shape index (κ1) is 54.4. The third-order valence-electron chi connectivity index (χ3n) is 11.2. The fourth-order valence-corrected chi connectivity index (χ4v) is 7.53. The van der Waals surface area contributed by atoms with Crippen molar-refractivity contribution in [2.75, 3.05) is 13.2 Å². The van der Waals surface area contributed by atoms with Crippen LogP contribution in [0, 0.1) is 0 Å². The highest BCUT2D eigenvalue weighted by Crippen LogP contribution is 2.32. The highest BCUT2D eigenvalue weighted by Gasteiger charge is 2.55. The summed E-state index contributed by atoms with van der Waals surface area (Å²) in [5.74, 6) is -2.38. The number of hydrogen-bond donors (Lipinski definition) is 5. The van der Waals surface area contributed by atoms with Gasteiger partial charge in [0.15, 0.2) is 11.9 Å². The topological polar surface area (TPSA) is 171 Å². The maximum Gasteiger partial charge on any atom is 0.306 e. The average molecular weight is 801 g/mol. The third-order valence-corrected chi connectivity index (χ3v) is 11.2. The number of hydrogen-bond acceptors (Lipinski definition) is 10.